The molecule has 1 aliphatic carbocycles. The highest BCUT2D eigenvalue weighted by atomic mass is 35.5. The molecule has 0 spiro atoms. The van der Waals surface area contributed by atoms with Gasteiger partial charge in [0, 0.05) is 34.6 Å². The second-order valence-electron chi connectivity index (χ2n) is 12.1. The minimum Gasteiger partial charge on any atom is -0.495 e. The van der Waals surface area contributed by atoms with E-state index in [1.54, 1.807) is 30.3 Å². The van der Waals surface area contributed by atoms with Crippen molar-refractivity contribution in [1.82, 2.24) is 10.2 Å². The highest BCUT2D eigenvalue weighted by Crippen LogP contribution is 2.33. The average Bonchev–Trinajstić information content (AvgIpc) is 3.60. The Labute approximate surface area is 303 Å². The molecule has 4 aromatic carbocycles. The van der Waals surface area contributed by atoms with Crippen LogP contribution in [0.2, 0.25) is 15.1 Å². The number of carbonyl (C=O) groups is 2. The number of nitrogens with one attached hydrogen (secondary N) is 1. The number of hydrogen-bond donors (Lipinski definition) is 1. The maximum atomic E-state index is 14.8. The van der Waals surface area contributed by atoms with Gasteiger partial charge in [0.1, 0.15) is 18.3 Å². The van der Waals surface area contributed by atoms with Gasteiger partial charge in [-0.2, -0.15) is 0 Å². The smallest absolute Gasteiger partial charge is 0.264 e. The molecule has 0 heterocycles. The Balaban J connectivity index is 1.61. The number of hydrogen-bond acceptors (Lipinski definition) is 5. The Kier molecular flexibility index (Phi) is 12.1. The molecule has 49 heavy (non-hydrogen) atoms. The second-order valence-corrected chi connectivity index (χ2v) is 15.1. The quantitative estimate of drug-likeness (QED) is 0.151. The summed E-state index contributed by atoms with van der Waals surface area (Å²) in [6.45, 7) is 1.06. The fraction of sp³-hybridized carbons (Fsp3) is 0.297. The van der Waals surface area contributed by atoms with Crippen LogP contribution < -0.4 is 14.4 Å². The standard InChI is InChI=1S/C37H38Cl3N3O5S/c1-25-15-18-29(19-16-25)49(46,47)43(28-17-20-35(48-2)33(40)22-28)24-36(44)42(23-30-31(38)13-8-14-32(30)39)34(21-26-9-4-3-5-10-26)37(45)41-27-11-6-7-12-27/h3-5,8-10,13-20,22,27,34H,6-7,11-12,21,23-24H2,1-2H3,(H,41,45)/t34-/m0/s1. The number of methoxy groups -OCH3 is 1. The summed E-state index contributed by atoms with van der Waals surface area (Å²) in [5, 5.41) is 3.94. The SMILES string of the molecule is COc1ccc(N(CC(=O)N(Cc2c(Cl)cccc2Cl)[C@@H](Cc2ccccc2)C(=O)NC2CCCC2)S(=O)(=O)c2ccc(C)cc2)cc1Cl. The van der Waals surface area contributed by atoms with Gasteiger partial charge in [0.05, 0.1) is 22.7 Å². The highest BCUT2D eigenvalue weighted by molar-refractivity contribution is 7.92. The molecule has 1 atom stereocenters. The molecule has 0 saturated heterocycles. The molecule has 12 heteroatoms. The third-order valence-electron chi connectivity index (χ3n) is 8.67. The Hall–Kier alpha value is -3.76. The number of ether oxygens (including phenoxy) is 1. The topological polar surface area (TPSA) is 96.0 Å². The summed E-state index contributed by atoms with van der Waals surface area (Å²) in [7, 11) is -2.86. The second kappa shape index (κ2) is 16.3. The van der Waals surface area contributed by atoms with Crippen molar-refractivity contribution in [3.8, 4) is 5.75 Å². The first-order chi connectivity index (χ1) is 23.5. The van der Waals surface area contributed by atoms with E-state index in [1.807, 2.05) is 37.3 Å². The molecule has 1 aliphatic rings. The molecule has 0 radical (unpaired) electrons. The van der Waals surface area contributed by atoms with Gasteiger partial charge in [0.25, 0.3) is 10.0 Å². The van der Waals surface area contributed by atoms with Gasteiger partial charge in [-0.15, -0.1) is 0 Å². The largest absolute Gasteiger partial charge is 0.495 e. The molecule has 0 aliphatic heterocycles. The molecule has 1 saturated carbocycles. The van der Waals surface area contributed by atoms with Crippen LogP contribution in [-0.4, -0.2) is 50.9 Å². The molecule has 0 unspecified atom stereocenters. The summed E-state index contributed by atoms with van der Waals surface area (Å²) in [4.78, 5) is 30.3. The molecular formula is C37H38Cl3N3O5S. The van der Waals surface area contributed by atoms with Crippen LogP contribution in [0.3, 0.4) is 0 Å². The Bertz CT molecular complexity index is 1870. The lowest BCUT2D eigenvalue weighted by molar-refractivity contribution is -0.140. The van der Waals surface area contributed by atoms with Gasteiger partial charge >= 0.3 is 0 Å². The summed E-state index contributed by atoms with van der Waals surface area (Å²) < 4.78 is 34.9. The molecule has 1 fully saturated rings. The lowest BCUT2D eigenvalue weighted by Crippen LogP contribution is -2.54. The van der Waals surface area contributed by atoms with E-state index in [0.29, 0.717) is 21.4 Å². The van der Waals surface area contributed by atoms with Crippen LogP contribution in [0.5, 0.6) is 5.75 Å². The van der Waals surface area contributed by atoms with Crippen LogP contribution in [0.15, 0.2) is 95.9 Å². The number of halogens is 3. The molecule has 1 N–H and O–H groups in total. The van der Waals surface area contributed by atoms with Gasteiger partial charge in [-0.25, -0.2) is 8.42 Å². The predicted octanol–water partition coefficient (Wildman–Crippen LogP) is 7.86. The van der Waals surface area contributed by atoms with E-state index in [9.17, 15) is 18.0 Å². The maximum Gasteiger partial charge on any atom is 0.264 e. The van der Waals surface area contributed by atoms with Crippen molar-refractivity contribution in [2.75, 3.05) is 18.0 Å². The number of anilines is 1. The number of benzene rings is 4. The number of rotatable bonds is 13. The van der Waals surface area contributed by atoms with Gasteiger partial charge < -0.3 is 15.0 Å². The number of aryl methyl sites for hydroxylation is 1. The summed E-state index contributed by atoms with van der Waals surface area (Å²) in [6.07, 6.45) is 3.86. The first-order valence-electron chi connectivity index (χ1n) is 16.0. The van der Waals surface area contributed by atoms with E-state index in [0.717, 1.165) is 41.1 Å². The number of carbonyl (C=O) groups excluding carboxylic acids is 2. The van der Waals surface area contributed by atoms with Crippen molar-refractivity contribution in [3.63, 3.8) is 0 Å². The molecular weight excluding hydrogens is 705 g/mol. The zero-order chi connectivity index (χ0) is 35.1. The normalized spacial score (nSPS) is 13.9. The average molecular weight is 743 g/mol. The first-order valence-corrected chi connectivity index (χ1v) is 18.5. The van der Waals surface area contributed by atoms with Gasteiger partial charge in [0.2, 0.25) is 11.8 Å². The van der Waals surface area contributed by atoms with Crippen LogP contribution in [0.1, 0.15) is 42.4 Å². The van der Waals surface area contributed by atoms with Crippen molar-refractivity contribution in [3.05, 3.63) is 123 Å². The van der Waals surface area contributed by atoms with Crippen molar-refractivity contribution in [1.29, 1.82) is 0 Å². The Morgan fingerprint density at radius 1 is 0.878 bits per heavy atom. The molecule has 0 aromatic heterocycles. The molecule has 8 nitrogen and oxygen atoms in total. The van der Waals surface area contributed by atoms with Crippen LogP contribution in [0.4, 0.5) is 5.69 Å². The van der Waals surface area contributed by atoms with Crippen LogP contribution in [-0.2, 0) is 32.6 Å². The van der Waals surface area contributed by atoms with Crippen LogP contribution in [0, 0.1) is 6.92 Å². The predicted molar refractivity (Wildman–Crippen MR) is 195 cm³/mol. The highest BCUT2D eigenvalue weighted by Gasteiger charge is 2.36. The van der Waals surface area contributed by atoms with Gasteiger partial charge in [-0.1, -0.05) is 102 Å². The molecule has 258 valence electrons. The van der Waals surface area contributed by atoms with E-state index in [2.05, 4.69) is 5.32 Å². The number of amides is 2. The number of nitrogens with zero attached hydrogens (tertiary/aromatic N) is 2. The Morgan fingerprint density at radius 2 is 1.53 bits per heavy atom. The molecule has 5 rings (SSSR count). The summed E-state index contributed by atoms with van der Waals surface area (Å²) in [6, 6.07) is 24.2. The fourth-order valence-corrected chi connectivity index (χ4v) is 8.13. The van der Waals surface area contributed by atoms with E-state index >= 15 is 0 Å². The maximum absolute atomic E-state index is 14.8. The lowest BCUT2D eigenvalue weighted by Gasteiger charge is -2.34. The monoisotopic (exact) mass is 741 g/mol. The number of sulfonamides is 1. The zero-order valence-corrected chi connectivity index (χ0v) is 30.3. The molecule has 2 amide bonds. The van der Waals surface area contributed by atoms with Crippen LogP contribution in [0.25, 0.3) is 0 Å². The van der Waals surface area contributed by atoms with E-state index < -0.39 is 28.5 Å². The third-order valence-corrected chi connectivity index (χ3v) is 11.5. The summed E-state index contributed by atoms with van der Waals surface area (Å²) in [5.41, 5.74) is 2.27. The summed E-state index contributed by atoms with van der Waals surface area (Å²) >= 11 is 19.7. The van der Waals surface area contributed by atoms with E-state index in [4.69, 9.17) is 39.5 Å². The third kappa shape index (κ3) is 8.89. The van der Waals surface area contributed by atoms with Crippen molar-refractivity contribution >= 4 is 62.3 Å². The van der Waals surface area contributed by atoms with Crippen LogP contribution >= 0.6 is 34.8 Å². The molecule has 4 aromatic rings. The first kappa shape index (κ1) is 36.5. The van der Waals surface area contributed by atoms with Gasteiger partial charge in [-0.3, -0.25) is 13.9 Å². The van der Waals surface area contributed by atoms with Crippen molar-refractivity contribution in [2.24, 2.45) is 0 Å². The summed E-state index contributed by atoms with van der Waals surface area (Å²) in [5.74, 6) is -0.639. The minimum absolute atomic E-state index is 0.0154. The fourth-order valence-electron chi connectivity index (χ4n) is 5.95. The molecule has 0 bridgehead atoms. The zero-order valence-electron chi connectivity index (χ0n) is 27.2. The van der Waals surface area contributed by atoms with Crippen molar-refractivity contribution < 1.29 is 22.7 Å². The van der Waals surface area contributed by atoms with Crippen molar-refractivity contribution in [2.45, 2.75) is 62.6 Å². The van der Waals surface area contributed by atoms with Gasteiger partial charge in [-0.05, 0) is 67.8 Å². The van der Waals surface area contributed by atoms with Gasteiger partial charge in [0.15, 0.2) is 0 Å². The lowest BCUT2D eigenvalue weighted by atomic mass is 10.0. The van der Waals surface area contributed by atoms with E-state index in [1.165, 1.54) is 42.3 Å². The van der Waals surface area contributed by atoms with E-state index in [-0.39, 0.29) is 40.5 Å². The Morgan fingerprint density at radius 3 is 2.14 bits per heavy atom. The minimum atomic E-state index is -4.31.